The van der Waals surface area contributed by atoms with Crippen molar-refractivity contribution in [1.82, 2.24) is 29.6 Å². The molecule has 4 rings (SSSR count). The summed E-state index contributed by atoms with van der Waals surface area (Å²) in [6, 6.07) is 6.80. The first kappa shape index (κ1) is 20.9. The molecule has 1 amide bonds. The number of alkyl halides is 3. The van der Waals surface area contributed by atoms with E-state index in [1.165, 1.54) is 17.2 Å². The van der Waals surface area contributed by atoms with Gasteiger partial charge in [0.15, 0.2) is 5.82 Å². The lowest BCUT2D eigenvalue weighted by atomic mass is 10.1. The van der Waals surface area contributed by atoms with Crippen molar-refractivity contribution in [3.63, 3.8) is 0 Å². The van der Waals surface area contributed by atoms with Crippen LogP contribution in [-0.2, 0) is 13.1 Å². The molecule has 1 N–H and O–H groups in total. The Morgan fingerprint density at radius 3 is 2.74 bits per heavy atom. The second-order valence-corrected chi connectivity index (χ2v) is 7.62. The molecule has 0 fully saturated rings. The smallest absolute Gasteiger partial charge is 0.310 e. The van der Waals surface area contributed by atoms with Crippen molar-refractivity contribution in [2.75, 3.05) is 11.9 Å². The molecule has 4 heterocycles. The summed E-state index contributed by atoms with van der Waals surface area (Å²) in [6.45, 7) is 3.27. The van der Waals surface area contributed by atoms with Gasteiger partial charge >= 0.3 is 6.18 Å². The van der Waals surface area contributed by atoms with Crippen molar-refractivity contribution in [3.05, 3.63) is 53.6 Å². The second kappa shape index (κ2) is 8.06. The first-order valence-corrected chi connectivity index (χ1v) is 9.65. The Hall–Kier alpha value is -3.34. The number of carbonyl (C=O) groups is 1. The minimum atomic E-state index is -4.27. The normalized spacial score (nSPS) is 14.1. The summed E-state index contributed by atoms with van der Waals surface area (Å²) in [5.74, 6) is 0.389. The molecule has 8 nitrogen and oxygen atoms in total. The molecule has 0 aromatic carbocycles. The van der Waals surface area contributed by atoms with E-state index >= 15 is 0 Å². The van der Waals surface area contributed by atoms with E-state index in [1.54, 1.807) is 24.5 Å². The molecular formula is C20H20F3N7O. The summed E-state index contributed by atoms with van der Waals surface area (Å²) < 4.78 is 39.8. The van der Waals surface area contributed by atoms with Gasteiger partial charge in [-0.1, -0.05) is 6.07 Å². The Labute approximate surface area is 176 Å². The molecule has 0 atom stereocenters. The van der Waals surface area contributed by atoms with Gasteiger partial charge in [0, 0.05) is 25.3 Å². The van der Waals surface area contributed by atoms with Crippen molar-refractivity contribution in [2.24, 2.45) is 0 Å². The van der Waals surface area contributed by atoms with Gasteiger partial charge < -0.3 is 9.88 Å². The fourth-order valence-corrected chi connectivity index (χ4v) is 3.46. The number of hydrogen-bond donors (Lipinski definition) is 1. The highest BCUT2D eigenvalue weighted by Gasteiger charge is 2.33. The Balaban J connectivity index is 1.49. The Morgan fingerprint density at radius 1 is 1.23 bits per heavy atom. The summed E-state index contributed by atoms with van der Waals surface area (Å²) >= 11 is 0. The highest BCUT2D eigenvalue weighted by Crippen LogP contribution is 2.27. The molecule has 1 aliphatic rings. The van der Waals surface area contributed by atoms with E-state index in [4.69, 9.17) is 0 Å². The highest BCUT2D eigenvalue weighted by molar-refractivity contribution is 6.02. The quantitative estimate of drug-likeness (QED) is 0.666. The third-order valence-corrected chi connectivity index (χ3v) is 4.86. The molecule has 11 heteroatoms. The van der Waals surface area contributed by atoms with Crippen molar-refractivity contribution < 1.29 is 18.0 Å². The molecule has 0 radical (unpaired) electrons. The molecule has 3 aromatic rings. The highest BCUT2D eigenvalue weighted by atomic mass is 19.4. The zero-order valence-electron chi connectivity index (χ0n) is 16.9. The van der Waals surface area contributed by atoms with E-state index in [-0.39, 0.29) is 24.8 Å². The predicted molar refractivity (Wildman–Crippen MR) is 106 cm³/mol. The van der Waals surface area contributed by atoms with Gasteiger partial charge in [-0.15, -0.1) is 10.2 Å². The number of fused-ring (bicyclic) bond motifs is 1. The number of pyridine rings is 2. The molecule has 0 unspecified atom stereocenters. The van der Waals surface area contributed by atoms with E-state index in [9.17, 15) is 18.0 Å². The number of hydrogen-bond acceptors (Lipinski definition) is 6. The van der Waals surface area contributed by atoms with Gasteiger partial charge in [0.25, 0.3) is 5.91 Å². The topological polar surface area (TPSA) is 88.8 Å². The Kier molecular flexibility index (Phi) is 5.44. The lowest BCUT2D eigenvalue weighted by molar-refractivity contribution is -0.146. The number of halogens is 3. The molecule has 0 spiro atoms. The van der Waals surface area contributed by atoms with Gasteiger partial charge in [-0.3, -0.25) is 14.7 Å². The third kappa shape index (κ3) is 4.71. The zero-order chi connectivity index (χ0) is 22.2. The van der Waals surface area contributed by atoms with Gasteiger partial charge in [-0.25, -0.2) is 4.98 Å². The van der Waals surface area contributed by atoms with Gasteiger partial charge in [0.05, 0.1) is 6.54 Å². The fourth-order valence-electron chi connectivity index (χ4n) is 3.46. The van der Waals surface area contributed by atoms with E-state index in [0.717, 1.165) is 0 Å². The fraction of sp³-hybridized carbons (Fsp3) is 0.350. The Morgan fingerprint density at radius 2 is 2.00 bits per heavy atom. The maximum absolute atomic E-state index is 12.7. The minimum absolute atomic E-state index is 0.116. The summed E-state index contributed by atoms with van der Waals surface area (Å²) in [7, 11) is 0. The van der Waals surface area contributed by atoms with Crippen LogP contribution in [-0.4, -0.2) is 48.3 Å². The average Bonchev–Trinajstić information content (AvgIpc) is 3.32. The van der Waals surface area contributed by atoms with Gasteiger partial charge in [0.1, 0.15) is 23.5 Å². The van der Waals surface area contributed by atoms with Crippen LogP contribution >= 0.6 is 0 Å². The molecule has 0 bridgehead atoms. The van der Waals surface area contributed by atoms with E-state index in [0.29, 0.717) is 28.5 Å². The third-order valence-electron chi connectivity index (χ3n) is 4.86. The molecule has 31 heavy (non-hydrogen) atoms. The SMILES string of the molecule is CC(C)n1cnnc1-c1cccc(NC(=O)c2cc3c(cn2)CN(CC(F)(F)F)C3)n1. The van der Waals surface area contributed by atoms with E-state index < -0.39 is 18.6 Å². The van der Waals surface area contributed by atoms with Crippen LogP contribution in [0.5, 0.6) is 0 Å². The van der Waals surface area contributed by atoms with Crippen LogP contribution in [0.2, 0.25) is 0 Å². The largest absolute Gasteiger partial charge is 0.401 e. The molecular weight excluding hydrogens is 411 g/mol. The van der Waals surface area contributed by atoms with Crippen LogP contribution in [0.25, 0.3) is 11.5 Å². The molecule has 0 saturated heterocycles. The van der Waals surface area contributed by atoms with Gasteiger partial charge in [0.2, 0.25) is 0 Å². The number of rotatable bonds is 5. The summed E-state index contributed by atoms with van der Waals surface area (Å²) in [6.07, 6.45) is -1.20. The monoisotopic (exact) mass is 431 g/mol. The van der Waals surface area contributed by atoms with Crippen LogP contribution < -0.4 is 5.32 Å². The van der Waals surface area contributed by atoms with Crippen LogP contribution in [0.4, 0.5) is 19.0 Å². The van der Waals surface area contributed by atoms with Crippen LogP contribution in [0.1, 0.15) is 41.5 Å². The number of carbonyl (C=O) groups excluding carboxylic acids is 1. The molecule has 0 aliphatic carbocycles. The molecule has 3 aromatic heterocycles. The number of aromatic nitrogens is 5. The van der Waals surface area contributed by atoms with Crippen LogP contribution in [0.15, 0.2) is 36.8 Å². The molecule has 0 saturated carbocycles. The number of amides is 1. The van der Waals surface area contributed by atoms with Crippen LogP contribution in [0, 0.1) is 0 Å². The molecule has 1 aliphatic heterocycles. The average molecular weight is 431 g/mol. The number of nitrogens with one attached hydrogen (secondary N) is 1. The summed E-state index contributed by atoms with van der Waals surface area (Å²) in [5, 5.41) is 10.7. The maximum Gasteiger partial charge on any atom is 0.401 e. The summed E-state index contributed by atoms with van der Waals surface area (Å²) in [4.78, 5) is 22.5. The van der Waals surface area contributed by atoms with E-state index in [1.807, 2.05) is 18.4 Å². The number of nitrogens with zero attached hydrogens (tertiary/aromatic N) is 6. The van der Waals surface area contributed by atoms with Crippen molar-refractivity contribution in [3.8, 4) is 11.5 Å². The first-order chi connectivity index (χ1) is 14.7. The first-order valence-electron chi connectivity index (χ1n) is 9.65. The lowest BCUT2D eigenvalue weighted by Crippen LogP contribution is -2.29. The van der Waals surface area contributed by atoms with Crippen molar-refractivity contribution in [2.45, 2.75) is 39.2 Å². The van der Waals surface area contributed by atoms with Crippen molar-refractivity contribution in [1.29, 1.82) is 0 Å². The minimum Gasteiger partial charge on any atom is -0.310 e. The second-order valence-electron chi connectivity index (χ2n) is 7.62. The van der Waals surface area contributed by atoms with Crippen molar-refractivity contribution >= 4 is 11.7 Å². The van der Waals surface area contributed by atoms with Gasteiger partial charge in [-0.2, -0.15) is 13.2 Å². The standard InChI is InChI=1S/C20H20F3N7O/c1-12(2)30-11-25-28-18(30)15-4-3-5-17(26-15)27-19(31)16-6-13-8-29(10-20(21,22)23)9-14(13)7-24-16/h3-7,11-12H,8-10H2,1-2H3,(H,26,27,31). The summed E-state index contributed by atoms with van der Waals surface area (Å²) in [5.41, 5.74) is 2.02. The van der Waals surface area contributed by atoms with E-state index in [2.05, 4.69) is 25.5 Å². The maximum atomic E-state index is 12.7. The van der Waals surface area contributed by atoms with Gasteiger partial charge in [-0.05, 0) is 43.2 Å². The number of anilines is 1. The van der Waals surface area contributed by atoms with Crippen LogP contribution in [0.3, 0.4) is 0 Å². The molecule has 162 valence electrons. The Bertz CT molecular complexity index is 1110. The zero-order valence-corrected chi connectivity index (χ0v) is 16.9. The predicted octanol–water partition coefficient (Wildman–Crippen LogP) is 3.45. The lowest BCUT2D eigenvalue weighted by Gasteiger charge is -2.16.